The zero-order valence-electron chi connectivity index (χ0n) is 10.7. The Balaban J connectivity index is 2.81. The van der Waals surface area contributed by atoms with Gasteiger partial charge in [0.2, 0.25) is 5.82 Å². The number of nitriles is 1. The normalized spacial score (nSPS) is 9.95. The van der Waals surface area contributed by atoms with E-state index in [4.69, 9.17) is 10.4 Å². The predicted molar refractivity (Wildman–Crippen MR) is 69.8 cm³/mol. The Morgan fingerprint density at radius 3 is 2.84 bits per heavy atom. The van der Waals surface area contributed by atoms with E-state index < -0.39 is 4.92 Å². The molecule has 1 N–H and O–H groups in total. The van der Waals surface area contributed by atoms with Gasteiger partial charge < -0.3 is 10.0 Å². The minimum Gasteiger partial charge on any atom is -0.396 e. The van der Waals surface area contributed by atoms with Crippen LogP contribution in [0.3, 0.4) is 0 Å². The number of aromatic nitrogens is 1. The molecule has 7 nitrogen and oxygen atoms in total. The van der Waals surface area contributed by atoms with Crippen LogP contribution in [0.25, 0.3) is 0 Å². The van der Waals surface area contributed by atoms with Crippen molar-refractivity contribution in [1.29, 1.82) is 5.26 Å². The molecule has 19 heavy (non-hydrogen) atoms. The van der Waals surface area contributed by atoms with Gasteiger partial charge in [0.05, 0.1) is 10.5 Å². The minimum atomic E-state index is -0.534. The van der Waals surface area contributed by atoms with Gasteiger partial charge in [-0.05, 0) is 19.3 Å². The summed E-state index contributed by atoms with van der Waals surface area (Å²) in [5.74, 6) is 0.257. The molecule has 0 aliphatic rings. The number of unbranched alkanes of at least 4 members (excludes halogenated alkanes) is 2. The monoisotopic (exact) mass is 264 g/mol. The SMILES string of the molecule is CN(CCCCCO)c1ncc(C#N)cc1[N+](=O)[O-]. The van der Waals surface area contributed by atoms with E-state index in [-0.39, 0.29) is 23.7 Å². The summed E-state index contributed by atoms with van der Waals surface area (Å²) in [6.07, 6.45) is 3.71. The van der Waals surface area contributed by atoms with Crippen LogP contribution in [-0.4, -0.2) is 35.2 Å². The third kappa shape index (κ3) is 4.19. The molecule has 1 aromatic rings. The van der Waals surface area contributed by atoms with Gasteiger partial charge in [-0.3, -0.25) is 10.1 Å². The van der Waals surface area contributed by atoms with E-state index in [0.717, 1.165) is 19.3 Å². The topological polar surface area (TPSA) is 103 Å². The lowest BCUT2D eigenvalue weighted by atomic mass is 10.2. The lowest BCUT2D eigenvalue weighted by molar-refractivity contribution is -0.384. The fourth-order valence-electron chi connectivity index (χ4n) is 1.68. The van der Waals surface area contributed by atoms with Gasteiger partial charge in [0.15, 0.2) is 0 Å². The van der Waals surface area contributed by atoms with Gasteiger partial charge in [0.1, 0.15) is 6.07 Å². The first-order valence-corrected chi connectivity index (χ1v) is 5.96. The third-order valence-electron chi connectivity index (χ3n) is 2.69. The summed E-state index contributed by atoms with van der Waals surface area (Å²) in [6, 6.07) is 3.06. The Bertz CT molecular complexity index is 484. The molecular formula is C12H16N4O3. The van der Waals surface area contributed by atoms with Crippen molar-refractivity contribution >= 4 is 11.5 Å². The Labute approximate surface area is 111 Å². The third-order valence-corrected chi connectivity index (χ3v) is 2.69. The summed E-state index contributed by atoms with van der Waals surface area (Å²) in [6.45, 7) is 0.763. The predicted octanol–water partition coefficient (Wildman–Crippen LogP) is 1.46. The molecule has 7 heteroatoms. The summed E-state index contributed by atoms with van der Waals surface area (Å²) in [5.41, 5.74) is 0.00726. The average Bonchev–Trinajstić information content (AvgIpc) is 2.42. The maximum Gasteiger partial charge on any atom is 0.312 e. The molecule has 0 atom stereocenters. The first kappa shape index (κ1) is 14.9. The summed E-state index contributed by atoms with van der Waals surface area (Å²) < 4.78 is 0. The molecule has 0 saturated heterocycles. The van der Waals surface area contributed by atoms with Crippen LogP contribution >= 0.6 is 0 Å². The van der Waals surface area contributed by atoms with Crippen molar-refractivity contribution in [3.63, 3.8) is 0 Å². The zero-order valence-corrected chi connectivity index (χ0v) is 10.7. The summed E-state index contributed by atoms with van der Waals surface area (Å²) in [4.78, 5) is 16.1. The van der Waals surface area contributed by atoms with E-state index in [1.54, 1.807) is 11.9 Å². The maximum absolute atomic E-state index is 11.0. The number of nitro groups is 1. The lowest BCUT2D eigenvalue weighted by Gasteiger charge is -2.17. The van der Waals surface area contributed by atoms with Crippen LogP contribution in [0.1, 0.15) is 24.8 Å². The number of hydrogen-bond acceptors (Lipinski definition) is 6. The van der Waals surface area contributed by atoms with Crippen LogP contribution < -0.4 is 4.90 Å². The van der Waals surface area contributed by atoms with Crippen LogP contribution in [-0.2, 0) is 0 Å². The fraction of sp³-hybridized carbons (Fsp3) is 0.500. The standard InChI is InChI=1S/C12H16N4O3/c1-15(5-3-2-4-6-17)12-11(16(18)19)7-10(8-13)9-14-12/h7,9,17H,2-6H2,1H3. The van der Waals surface area contributed by atoms with Gasteiger partial charge in [-0.2, -0.15) is 5.26 Å². The van der Waals surface area contributed by atoms with Crippen LogP contribution in [0, 0.1) is 21.4 Å². The maximum atomic E-state index is 11.0. The van der Waals surface area contributed by atoms with Crippen molar-refractivity contribution < 1.29 is 10.0 Å². The Hall–Kier alpha value is -2.20. The quantitative estimate of drug-likeness (QED) is 0.454. The highest BCUT2D eigenvalue weighted by Crippen LogP contribution is 2.25. The van der Waals surface area contributed by atoms with Crippen molar-refractivity contribution in [2.75, 3.05) is 25.1 Å². The molecule has 0 saturated carbocycles. The average molecular weight is 264 g/mol. The Morgan fingerprint density at radius 1 is 1.53 bits per heavy atom. The fourth-order valence-corrected chi connectivity index (χ4v) is 1.68. The molecule has 1 rings (SSSR count). The highest BCUT2D eigenvalue weighted by Gasteiger charge is 2.19. The number of hydrogen-bond donors (Lipinski definition) is 1. The van der Waals surface area contributed by atoms with Crippen molar-refractivity contribution in [3.8, 4) is 6.07 Å². The minimum absolute atomic E-state index is 0.152. The van der Waals surface area contributed by atoms with Gasteiger partial charge >= 0.3 is 5.69 Å². The lowest BCUT2D eigenvalue weighted by Crippen LogP contribution is -2.21. The molecule has 0 amide bonds. The molecule has 0 aliphatic heterocycles. The van der Waals surface area contributed by atoms with Gasteiger partial charge in [-0.15, -0.1) is 0 Å². The number of nitrogens with zero attached hydrogens (tertiary/aromatic N) is 4. The van der Waals surface area contributed by atoms with E-state index in [9.17, 15) is 10.1 Å². The molecule has 0 aromatic carbocycles. The highest BCUT2D eigenvalue weighted by atomic mass is 16.6. The van der Waals surface area contributed by atoms with Gasteiger partial charge in [-0.25, -0.2) is 4.98 Å². The van der Waals surface area contributed by atoms with Crippen molar-refractivity contribution in [3.05, 3.63) is 27.9 Å². The van der Waals surface area contributed by atoms with E-state index in [1.807, 2.05) is 6.07 Å². The van der Waals surface area contributed by atoms with E-state index in [2.05, 4.69) is 4.98 Å². The van der Waals surface area contributed by atoms with Crippen molar-refractivity contribution in [2.45, 2.75) is 19.3 Å². The van der Waals surface area contributed by atoms with E-state index in [0.29, 0.717) is 6.54 Å². The number of rotatable bonds is 7. The van der Waals surface area contributed by atoms with Crippen LogP contribution in [0.15, 0.2) is 12.3 Å². The smallest absolute Gasteiger partial charge is 0.312 e. The molecule has 1 aromatic heterocycles. The number of pyridine rings is 1. The Kier molecular flexibility index (Phi) is 5.70. The first-order chi connectivity index (χ1) is 9.10. The Morgan fingerprint density at radius 2 is 2.26 bits per heavy atom. The zero-order chi connectivity index (χ0) is 14.3. The van der Waals surface area contributed by atoms with Crippen LogP contribution in [0.4, 0.5) is 11.5 Å². The summed E-state index contributed by atoms with van der Waals surface area (Å²) >= 11 is 0. The van der Waals surface area contributed by atoms with Crippen molar-refractivity contribution in [2.24, 2.45) is 0 Å². The number of anilines is 1. The van der Waals surface area contributed by atoms with Crippen molar-refractivity contribution in [1.82, 2.24) is 4.98 Å². The van der Waals surface area contributed by atoms with Crippen LogP contribution in [0.2, 0.25) is 0 Å². The molecule has 102 valence electrons. The molecule has 0 bridgehead atoms. The molecule has 0 fully saturated rings. The number of aliphatic hydroxyl groups is 1. The van der Waals surface area contributed by atoms with Gasteiger partial charge in [0, 0.05) is 32.5 Å². The van der Waals surface area contributed by atoms with Crippen LogP contribution in [0.5, 0.6) is 0 Å². The van der Waals surface area contributed by atoms with Gasteiger partial charge in [0.25, 0.3) is 0 Å². The van der Waals surface area contributed by atoms with Gasteiger partial charge in [-0.1, -0.05) is 0 Å². The molecular weight excluding hydrogens is 248 g/mol. The highest BCUT2D eigenvalue weighted by molar-refractivity contribution is 5.59. The molecule has 1 heterocycles. The second-order valence-corrected chi connectivity index (χ2v) is 4.14. The number of aliphatic hydroxyl groups excluding tert-OH is 1. The molecule has 0 unspecified atom stereocenters. The second kappa shape index (κ2) is 7.28. The molecule has 0 aliphatic carbocycles. The van der Waals surface area contributed by atoms with E-state index in [1.165, 1.54) is 12.3 Å². The molecule has 0 radical (unpaired) electrons. The second-order valence-electron chi connectivity index (χ2n) is 4.14. The molecule has 0 spiro atoms. The summed E-state index contributed by atoms with van der Waals surface area (Å²) in [5, 5.41) is 28.4. The first-order valence-electron chi connectivity index (χ1n) is 5.96. The van der Waals surface area contributed by atoms with E-state index >= 15 is 0 Å². The largest absolute Gasteiger partial charge is 0.396 e. The summed E-state index contributed by atoms with van der Waals surface area (Å²) in [7, 11) is 1.72.